The van der Waals surface area contributed by atoms with Crippen molar-refractivity contribution in [2.75, 3.05) is 39.5 Å². The zero-order valence-electron chi connectivity index (χ0n) is 43.2. The molecule has 386 valence electrons. The molecule has 0 aromatic rings. The molecular formula is C55H107NO9. The number of carbonyl (C=O) groups excluding carboxylic acids is 2. The standard InChI is InChI=1S/C55H107NO9/c1-7-9-11-13-19-27-37-50(38-28-20-14-12-10-8-2)65-52(59)40-30-22-16-24-32-42-56(43-33-35-44-63-49(6)54(61)55(62)53(60)48(5)46-57)41-31-23-15-21-29-39-51(58)64-45-34-25-17-18-26-36-47(3)4/h47,49-50,53-55,57,60-62H,5,7-46H2,1-4,6H3/t49?,53?,54-,55+/m1/s1. The highest BCUT2D eigenvalue weighted by atomic mass is 16.5. The van der Waals surface area contributed by atoms with Crippen molar-refractivity contribution in [2.24, 2.45) is 5.92 Å². The van der Waals surface area contributed by atoms with Crippen molar-refractivity contribution in [1.29, 1.82) is 0 Å². The molecular weight excluding hydrogens is 819 g/mol. The van der Waals surface area contributed by atoms with Crippen LogP contribution in [-0.4, -0.2) is 107 Å². The highest BCUT2D eigenvalue weighted by Crippen LogP contribution is 2.19. The molecule has 0 saturated heterocycles. The summed E-state index contributed by atoms with van der Waals surface area (Å²) in [4.78, 5) is 27.7. The second kappa shape index (κ2) is 46.2. The zero-order valence-corrected chi connectivity index (χ0v) is 43.2. The third kappa shape index (κ3) is 40.1. The van der Waals surface area contributed by atoms with Gasteiger partial charge in [-0.2, -0.15) is 0 Å². The van der Waals surface area contributed by atoms with Gasteiger partial charge in [0.05, 0.1) is 19.3 Å². The Kier molecular flexibility index (Phi) is 45.1. The van der Waals surface area contributed by atoms with Crippen molar-refractivity contribution in [3.8, 4) is 0 Å². The molecule has 0 heterocycles. The van der Waals surface area contributed by atoms with Crippen molar-refractivity contribution in [3.05, 3.63) is 12.2 Å². The number of unbranched alkanes of at least 4 members (excludes halogenated alkanes) is 23. The number of esters is 2. The van der Waals surface area contributed by atoms with Crippen LogP contribution in [0.5, 0.6) is 0 Å². The van der Waals surface area contributed by atoms with Gasteiger partial charge < -0.3 is 39.5 Å². The fourth-order valence-electron chi connectivity index (χ4n) is 8.47. The number of carbonyl (C=O) groups is 2. The molecule has 0 aliphatic heterocycles. The number of nitrogens with zero attached hydrogens (tertiary/aromatic N) is 1. The van der Waals surface area contributed by atoms with Crippen LogP contribution in [0, 0.1) is 5.92 Å². The topological polar surface area (TPSA) is 146 Å². The molecule has 0 bridgehead atoms. The monoisotopic (exact) mass is 926 g/mol. The van der Waals surface area contributed by atoms with E-state index in [1.807, 2.05) is 0 Å². The van der Waals surface area contributed by atoms with Crippen LogP contribution in [0.15, 0.2) is 12.2 Å². The van der Waals surface area contributed by atoms with E-state index in [2.05, 4.69) is 39.2 Å². The molecule has 0 aromatic heterocycles. The SMILES string of the molecule is C=C(CO)C(O)[C@H](O)[C@H](O)C(C)OCCCCN(CCCCCCCC(=O)OCCCCCCCC(C)C)CCCCCCCC(=O)OC(CCCCCCCC)CCCCCCCC. The van der Waals surface area contributed by atoms with Gasteiger partial charge in [-0.15, -0.1) is 0 Å². The Morgan fingerprint density at radius 3 is 1.43 bits per heavy atom. The lowest BCUT2D eigenvalue weighted by Crippen LogP contribution is -2.45. The van der Waals surface area contributed by atoms with Crippen molar-refractivity contribution in [1.82, 2.24) is 4.90 Å². The molecule has 0 fully saturated rings. The van der Waals surface area contributed by atoms with E-state index in [0.29, 0.717) is 26.1 Å². The lowest BCUT2D eigenvalue weighted by atomic mass is 9.99. The lowest BCUT2D eigenvalue weighted by molar-refractivity contribution is -0.150. The molecule has 0 aliphatic rings. The summed E-state index contributed by atoms with van der Waals surface area (Å²) < 4.78 is 17.4. The van der Waals surface area contributed by atoms with Gasteiger partial charge in [-0.1, -0.05) is 169 Å². The Labute approximate surface area is 400 Å². The fourth-order valence-corrected chi connectivity index (χ4v) is 8.47. The van der Waals surface area contributed by atoms with Crippen LogP contribution < -0.4 is 0 Å². The average molecular weight is 926 g/mol. The minimum atomic E-state index is -1.49. The average Bonchev–Trinajstić information content (AvgIpc) is 3.29. The Morgan fingerprint density at radius 1 is 0.508 bits per heavy atom. The zero-order chi connectivity index (χ0) is 48.2. The fraction of sp³-hybridized carbons (Fsp3) is 0.927. The van der Waals surface area contributed by atoms with Crippen LogP contribution in [0.3, 0.4) is 0 Å². The van der Waals surface area contributed by atoms with Gasteiger partial charge in [0.15, 0.2) is 0 Å². The van der Waals surface area contributed by atoms with E-state index < -0.39 is 31.0 Å². The summed E-state index contributed by atoms with van der Waals surface area (Å²) in [6.07, 6.45) is 32.9. The maximum atomic E-state index is 12.9. The third-order valence-corrected chi connectivity index (χ3v) is 13.0. The van der Waals surface area contributed by atoms with E-state index in [-0.39, 0.29) is 23.6 Å². The maximum Gasteiger partial charge on any atom is 0.306 e. The molecule has 10 nitrogen and oxygen atoms in total. The summed E-state index contributed by atoms with van der Waals surface area (Å²) in [5.74, 6) is 0.704. The van der Waals surface area contributed by atoms with Gasteiger partial charge in [0.1, 0.15) is 24.4 Å². The van der Waals surface area contributed by atoms with Crippen molar-refractivity contribution in [3.63, 3.8) is 0 Å². The minimum Gasteiger partial charge on any atom is -0.466 e. The molecule has 0 aromatic carbocycles. The number of aliphatic hydroxyl groups is 4. The van der Waals surface area contributed by atoms with Gasteiger partial charge in [0.2, 0.25) is 0 Å². The van der Waals surface area contributed by atoms with E-state index in [9.17, 15) is 30.0 Å². The number of hydrogen-bond donors (Lipinski definition) is 4. The Morgan fingerprint density at radius 2 is 0.923 bits per heavy atom. The molecule has 0 radical (unpaired) electrons. The first-order valence-corrected chi connectivity index (χ1v) is 27.5. The predicted octanol–water partition coefficient (Wildman–Crippen LogP) is 12.7. The molecule has 4 atom stereocenters. The van der Waals surface area contributed by atoms with Crippen LogP contribution >= 0.6 is 0 Å². The quantitative estimate of drug-likeness (QED) is 0.0264. The molecule has 65 heavy (non-hydrogen) atoms. The normalized spacial score (nSPS) is 13.7. The first-order valence-electron chi connectivity index (χ1n) is 27.5. The largest absolute Gasteiger partial charge is 0.466 e. The summed E-state index contributed by atoms with van der Waals surface area (Å²) in [5, 5.41) is 40.1. The molecule has 0 aliphatic carbocycles. The smallest absolute Gasteiger partial charge is 0.306 e. The van der Waals surface area contributed by atoms with Gasteiger partial charge >= 0.3 is 11.9 Å². The molecule has 0 spiro atoms. The Bertz CT molecular complexity index is 1060. The van der Waals surface area contributed by atoms with Gasteiger partial charge in [0, 0.05) is 19.4 Å². The van der Waals surface area contributed by atoms with Gasteiger partial charge in [0.25, 0.3) is 0 Å². The lowest BCUT2D eigenvalue weighted by Gasteiger charge is -2.28. The van der Waals surface area contributed by atoms with Gasteiger partial charge in [-0.3, -0.25) is 9.59 Å². The summed E-state index contributed by atoms with van der Waals surface area (Å²) in [5.41, 5.74) is 0.0498. The van der Waals surface area contributed by atoms with Crippen molar-refractivity contribution < 1.29 is 44.2 Å². The predicted molar refractivity (Wildman–Crippen MR) is 270 cm³/mol. The summed E-state index contributed by atoms with van der Waals surface area (Å²) >= 11 is 0. The van der Waals surface area contributed by atoms with Crippen molar-refractivity contribution >= 4 is 11.9 Å². The maximum absolute atomic E-state index is 12.9. The molecule has 0 saturated carbocycles. The minimum absolute atomic E-state index is 0.0131. The first-order chi connectivity index (χ1) is 31.5. The summed E-state index contributed by atoms with van der Waals surface area (Å²) in [6, 6.07) is 0. The molecule has 0 rings (SSSR count). The molecule has 0 amide bonds. The molecule has 2 unspecified atom stereocenters. The third-order valence-electron chi connectivity index (χ3n) is 13.0. The molecule has 10 heteroatoms. The van der Waals surface area contributed by atoms with Crippen LogP contribution in [0.2, 0.25) is 0 Å². The highest BCUT2D eigenvalue weighted by Gasteiger charge is 2.30. The Balaban J connectivity index is 4.69. The van der Waals surface area contributed by atoms with E-state index in [0.717, 1.165) is 141 Å². The number of hydrogen-bond acceptors (Lipinski definition) is 10. The Hall–Kier alpha value is -1.56. The first kappa shape index (κ1) is 63.4. The van der Waals surface area contributed by atoms with E-state index >= 15 is 0 Å². The summed E-state index contributed by atoms with van der Waals surface area (Å²) in [7, 11) is 0. The van der Waals surface area contributed by atoms with E-state index in [1.54, 1.807) is 6.92 Å². The van der Waals surface area contributed by atoms with E-state index in [4.69, 9.17) is 14.2 Å². The van der Waals surface area contributed by atoms with Crippen molar-refractivity contribution in [2.45, 2.75) is 283 Å². The van der Waals surface area contributed by atoms with Gasteiger partial charge in [-0.05, 0) is 109 Å². The number of ether oxygens (including phenoxy) is 3. The van der Waals surface area contributed by atoms with E-state index in [1.165, 1.54) is 89.9 Å². The summed E-state index contributed by atoms with van der Waals surface area (Å²) in [6.45, 7) is 17.8. The second-order valence-corrected chi connectivity index (χ2v) is 19.8. The highest BCUT2D eigenvalue weighted by molar-refractivity contribution is 5.69. The number of rotatable bonds is 50. The van der Waals surface area contributed by atoms with Crippen LogP contribution in [0.1, 0.15) is 253 Å². The number of aliphatic hydroxyl groups excluding tert-OH is 4. The molecule has 4 N–H and O–H groups in total. The second-order valence-electron chi connectivity index (χ2n) is 19.8. The van der Waals surface area contributed by atoms with Crippen LogP contribution in [0.25, 0.3) is 0 Å². The van der Waals surface area contributed by atoms with Gasteiger partial charge in [-0.25, -0.2) is 0 Å². The van der Waals surface area contributed by atoms with Crippen LogP contribution in [-0.2, 0) is 23.8 Å². The van der Waals surface area contributed by atoms with Crippen LogP contribution in [0.4, 0.5) is 0 Å².